The van der Waals surface area contributed by atoms with Gasteiger partial charge in [-0.05, 0) is 18.6 Å². The van der Waals surface area contributed by atoms with Crippen LogP contribution >= 0.6 is 15.9 Å². The first-order valence-electron chi connectivity index (χ1n) is 5.92. The van der Waals surface area contributed by atoms with Gasteiger partial charge in [0, 0.05) is 22.5 Å². The maximum Gasteiger partial charge on any atom is 0.125 e. The first-order chi connectivity index (χ1) is 7.70. The number of nitrogens with two attached hydrogens (primary N) is 1. The number of ether oxygens (including phenoxy) is 1. The van der Waals surface area contributed by atoms with Gasteiger partial charge in [-0.3, -0.25) is 0 Å². The topological polar surface area (TPSA) is 35.2 Å². The van der Waals surface area contributed by atoms with Crippen LogP contribution in [0.2, 0.25) is 0 Å². The van der Waals surface area contributed by atoms with Crippen LogP contribution in [0, 0.1) is 0 Å². The Morgan fingerprint density at radius 1 is 1.50 bits per heavy atom. The van der Waals surface area contributed by atoms with E-state index in [1.807, 2.05) is 12.1 Å². The molecule has 0 fully saturated rings. The number of hydrogen-bond acceptors (Lipinski definition) is 2. The quantitative estimate of drug-likeness (QED) is 0.916. The first kappa shape index (κ1) is 11.9. The Morgan fingerprint density at radius 3 is 3.06 bits per heavy atom. The van der Waals surface area contributed by atoms with E-state index < -0.39 is 0 Å². The lowest BCUT2D eigenvalue weighted by Gasteiger charge is -2.30. The fourth-order valence-corrected chi connectivity index (χ4v) is 2.50. The number of rotatable bonds is 3. The minimum Gasteiger partial charge on any atom is -0.490 e. The van der Waals surface area contributed by atoms with Crippen molar-refractivity contribution in [2.24, 2.45) is 5.73 Å². The molecule has 0 aliphatic carbocycles. The van der Waals surface area contributed by atoms with Gasteiger partial charge in [0.1, 0.15) is 11.9 Å². The average Bonchev–Trinajstić information content (AvgIpc) is 2.25. The molecule has 0 saturated carbocycles. The molecule has 2 nitrogen and oxygen atoms in total. The molecule has 1 aromatic rings. The summed E-state index contributed by atoms with van der Waals surface area (Å²) in [5.41, 5.74) is 7.30. The van der Waals surface area contributed by atoms with E-state index in [2.05, 4.69) is 28.9 Å². The molecule has 1 aromatic carbocycles. The van der Waals surface area contributed by atoms with Crippen LogP contribution in [0.3, 0.4) is 0 Å². The Bertz CT molecular complexity index is 367. The highest BCUT2D eigenvalue weighted by atomic mass is 79.9. The summed E-state index contributed by atoms with van der Waals surface area (Å²) in [7, 11) is 0. The highest BCUT2D eigenvalue weighted by Crippen LogP contribution is 2.36. The molecule has 2 N–H and O–H groups in total. The number of fused-ring (bicyclic) bond motifs is 1. The van der Waals surface area contributed by atoms with Crippen LogP contribution < -0.4 is 10.5 Å². The van der Waals surface area contributed by atoms with E-state index in [4.69, 9.17) is 10.5 Å². The minimum atomic E-state index is 0.124. The summed E-state index contributed by atoms with van der Waals surface area (Å²) in [6, 6.07) is 6.22. The maximum atomic E-state index is 6.16. The third kappa shape index (κ3) is 2.58. The predicted molar refractivity (Wildman–Crippen MR) is 69.6 cm³/mol. The fourth-order valence-electron chi connectivity index (χ4n) is 2.16. The second-order valence-electron chi connectivity index (χ2n) is 4.41. The molecule has 16 heavy (non-hydrogen) atoms. The zero-order valence-electron chi connectivity index (χ0n) is 9.58. The van der Waals surface area contributed by atoms with Crippen molar-refractivity contribution in [1.29, 1.82) is 0 Å². The van der Waals surface area contributed by atoms with E-state index in [1.165, 1.54) is 12.8 Å². The molecule has 1 heterocycles. The molecule has 0 bridgehead atoms. The molecular formula is C13H18BrNO. The van der Waals surface area contributed by atoms with Gasteiger partial charge >= 0.3 is 0 Å². The molecule has 0 radical (unpaired) electrons. The van der Waals surface area contributed by atoms with Gasteiger partial charge in [-0.15, -0.1) is 0 Å². The highest BCUT2D eigenvalue weighted by molar-refractivity contribution is 9.10. The van der Waals surface area contributed by atoms with Crippen molar-refractivity contribution < 1.29 is 4.74 Å². The molecule has 2 rings (SSSR count). The molecule has 0 saturated heterocycles. The molecule has 2 atom stereocenters. The number of hydrogen-bond donors (Lipinski definition) is 1. The third-order valence-corrected chi connectivity index (χ3v) is 3.56. The monoisotopic (exact) mass is 283 g/mol. The Hall–Kier alpha value is -0.540. The summed E-state index contributed by atoms with van der Waals surface area (Å²) in [4.78, 5) is 0. The second kappa shape index (κ2) is 5.19. The SMILES string of the molecule is CCCCC1C[C@H](N)c2ccc(Br)cc2O1. The Balaban J connectivity index is 2.14. The molecule has 88 valence electrons. The van der Waals surface area contributed by atoms with Crippen molar-refractivity contribution >= 4 is 15.9 Å². The molecule has 0 amide bonds. The average molecular weight is 284 g/mol. The van der Waals surface area contributed by atoms with Crippen LogP contribution in [0.4, 0.5) is 0 Å². The van der Waals surface area contributed by atoms with Crippen molar-refractivity contribution in [3.63, 3.8) is 0 Å². The molecule has 0 aromatic heterocycles. The molecule has 0 spiro atoms. The lowest BCUT2D eigenvalue weighted by atomic mass is 9.95. The minimum absolute atomic E-state index is 0.124. The summed E-state index contributed by atoms with van der Waals surface area (Å²) in [5, 5.41) is 0. The lowest BCUT2D eigenvalue weighted by Crippen LogP contribution is -2.29. The smallest absolute Gasteiger partial charge is 0.125 e. The van der Waals surface area contributed by atoms with Crippen molar-refractivity contribution in [3.8, 4) is 5.75 Å². The van der Waals surface area contributed by atoms with Crippen molar-refractivity contribution in [1.82, 2.24) is 0 Å². The van der Waals surface area contributed by atoms with Gasteiger partial charge in [-0.2, -0.15) is 0 Å². The zero-order chi connectivity index (χ0) is 11.5. The second-order valence-corrected chi connectivity index (χ2v) is 5.32. The molecule has 1 unspecified atom stereocenters. The summed E-state index contributed by atoms with van der Waals surface area (Å²) in [5.74, 6) is 0.953. The van der Waals surface area contributed by atoms with Gasteiger partial charge in [-0.1, -0.05) is 41.8 Å². The van der Waals surface area contributed by atoms with Gasteiger partial charge in [0.15, 0.2) is 0 Å². The van der Waals surface area contributed by atoms with Gasteiger partial charge in [-0.25, -0.2) is 0 Å². The van der Waals surface area contributed by atoms with E-state index in [9.17, 15) is 0 Å². The normalized spacial score (nSPS) is 23.7. The van der Waals surface area contributed by atoms with Crippen molar-refractivity contribution in [2.75, 3.05) is 0 Å². The number of halogens is 1. The van der Waals surface area contributed by atoms with Crippen LogP contribution in [-0.4, -0.2) is 6.10 Å². The molecule has 1 aliphatic rings. The fraction of sp³-hybridized carbons (Fsp3) is 0.538. The Kier molecular flexibility index (Phi) is 3.87. The lowest BCUT2D eigenvalue weighted by molar-refractivity contribution is 0.147. The van der Waals surface area contributed by atoms with E-state index in [1.54, 1.807) is 0 Å². The van der Waals surface area contributed by atoms with E-state index in [0.29, 0.717) is 0 Å². The third-order valence-electron chi connectivity index (χ3n) is 3.07. The van der Waals surface area contributed by atoms with E-state index in [-0.39, 0.29) is 12.1 Å². The number of unbranched alkanes of at least 4 members (excludes halogenated alkanes) is 1. The predicted octanol–water partition coefficient (Wildman–Crippen LogP) is 3.79. The van der Waals surface area contributed by atoms with Gasteiger partial charge < -0.3 is 10.5 Å². The maximum absolute atomic E-state index is 6.16. The van der Waals surface area contributed by atoms with E-state index in [0.717, 1.165) is 28.6 Å². The van der Waals surface area contributed by atoms with Crippen LogP contribution in [0.5, 0.6) is 5.75 Å². The van der Waals surface area contributed by atoms with Crippen LogP contribution in [0.15, 0.2) is 22.7 Å². The van der Waals surface area contributed by atoms with Crippen molar-refractivity contribution in [2.45, 2.75) is 44.8 Å². The van der Waals surface area contributed by atoms with Gasteiger partial charge in [0.05, 0.1) is 0 Å². The summed E-state index contributed by atoms with van der Waals surface area (Å²) < 4.78 is 7.03. The van der Waals surface area contributed by atoms with Crippen LogP contribution in [-0.2, 0) is 0 Å². The summed E-state index contributed by atoms with van der Waals surface area (Å²) >= 11 is 3.46. The number of benzene rings is 1. The largest absolute Gasteiger partial charge is 0.490 e. The van der Waals surface area contributed by atoms with Crippen LogP contribution in [0.25, 0.3) is 0 Å². The highest BCUT2D eigenvalue weighted by Gasteiger charge is 2.25. The van der Waals surface area contributed by atoms with E-state index >= 15 is 0 Å². The molecular weight excluding hydrogens is 266 g/mol. The van der Waals surface area contributed by atoms with Gasteiger partial charge in [0.25, 0.3) is 0 Å². The first-order valence-corrected chi connectivity index (χ1v) is 6.71. The standard InChI is InChI=1S/C13H18BrNO/c1-2-3-4-10-8-12(15)11-6-5-9(14)7-13(11)16-10/h5-7,10,12H,2-4,8,15H2,1H3/t10?,12-/m0/s1. The van der Waals surface area contributed by atoms with Gasteiger partial charge in [0.2, 0.25) is 0 Å². The van der Waals surface area contributed by atoms with Crippen LogP contribution in [0.1, 0.15) is 44.2 Å². The zero-order valence-corrected chi connectivity index (χ0v) is 11.2. The molecule has 1 aliphatic heterocycles. The summed E-state index contributed by atoms with van der Waals surface area (Å²) in [6.45, 7) is 2.20. The Morgan fingerprint density at radius 2 is 2.31 bits per heavy atom. The Labute approximate surface area is 105 Å². The molecule has 3 heteroatoms. The van der Waals surface area contributed by atoms with Crippen molar-refractivity contribution in [3.05, 3.63) is 28.2 Å². The summed E-state index contributed by atoms with van der Waals surface area (Å²) in [6.07, 6.45) is 4.75.